The van der Waals surface area contributed by atoms with Gasteiger partial charge < -0.3 is 9.84 Å². The zero-order valence-electron chi connectivity index (χ0n) is 14.4. The minimum atomic E-state index is 0.00409. The van der Waals surface area contributed by atoms with Crippen molar-refractivity contribution in [3.05, 3.63) is 51.8 Å². The van der Waals surface area contributed by atoms with Crippen LogP contribution in [0, 0.1) is 0 Å². The predicted molar refractivity (Wildman–Crippen MR) is 98.7 cm³/mol. The molecule has 0 aliphatic heterocycles. The van der Waals surface area contributed by atoms with Crippen LogP contribution in [-0.2, 0) is 30.6 Å². The summed E-state index contributed by atoms with van der Waals surface area (Å²) in [5.41, 5.74) is 3.58. The highest BCUT2D eigenvalue weighted by Crippen LogP contribution is 2.30. The van der Waals surface area contributed by atoms with Crippen LogP contribution in [0.4, 0.5) is 0 Å². The van der Waals surface area contributed by atoms with Crippen LogP contribution < -0.4 is 5.32 Å². The number of nitrogens with one attached hydrogen (secondary N) is 1. The van der Waals surface area contributed by atoms with Crippen LogP contribution >= 0.6 is 11.3 Å². The van der Waals surface area contributed by atoms with Crippen LogP contribution in [0.2, 0.25) is 0 Å². The fourth-order valence-electron chi connectivity index (χ4n) is 3.19. The first-order valence-electron chi connectivity index (χ1n) is 8.87. The SMILES string of the molecule is O=C(CCc1nc(-c2ccncc2)no1)NCc1csc2c1CCCC2. The van der Waals surface area contributed by atoms with E-state index in [0.717, 1.165) is 12.0 Å². The zero-order valence-corrected chi connectivity index (χ0v) is 15.2. The molecule has 3 aromatic rings. The van der Waals surface area contributed by atoms with E-state index in [1.807, 2.05) is 23.5 Å². The second-order valence-corrected chi connectivity index (χ2v) is 7.36. The molecule has 0 spiro atoms. The molecule has 26 heavy (non-hydrogen) atoms. The third kappa shape index (κ3) is 3.83. The molecule has 1 aliphatic carbocycles. The summed E-state index contributed by atoms with van der Waals surface area (Å²) < 4.78 is 5.23. The predicted octanol–water partition coefficient (Wildman–Crippen LogP) is 3.32. The van der Waals surface area contributed by atoms with Crippen molar-refractivity contribution in [1.82, 2.24) is 20.4 Å². The summed E-state index contributed by atoms with van der Waals surface area (Å²) in [4.78, 5) is 21.9. The van der Waals surface area contributed by atoms with Crippen molar-refractivity contribution in [2.75, 3.05) is 0 Å². The quantitative estimate of drug-likeness (QED) is 0.722. The van der Waals surface area contributed by atoms with Gasteiger partial charge in [-0.15, -0.1) is 11.3 Å². The van der Waals surface area contributed by atoms with Crippen LogP contribution in [0.25, 0.3) is 11.4 Å². The van der Waals surface area contributed by atoms with Gasteiger partial charge in [-0.05, 0) is 54.3 Å². The molecule has 1 aliphatic rings. The molecule has 7 heteroatoms. The summed E-state index contributed by atoms with van der Waals surface area (Å²) in [7, 11) is 0. The van der Waals surface area contributed by atoms with Gasteiger partial charge in [0.25, 0.3) is 0 Å². The smallest absolute Gasteiger partial charge is 0.227 e. The van der Waals surface area contributed by atoms with Gasteiger partial charge in [-0.1, -0.05) is 5.16 Å². The summed E-state index contributed by atoms with van der Waals surface area (Å²) in [6.07, 6.45) is 9.00. The second-order valence-electron chi connectivity index (χ2n) is 6.39. The Morgan fingerprint density at radius 2 is 2.08 bits per heavy atom. The third-order valence-corrected chi connectivity index (χ3v) is 5.73. The monoisotopic (exact) mass is 368 g/mol. The molecule has 0 saturated carbocycles. The van der Waals surface area contributed by atoms with Gasteiger partial charge in [0.15, 0.2) is 0 Å². The molecule has 0 fully saturated rings. The van der Waals surface area contributed by atoms with E-state index in [2.05, 4.69) is 25.8 Å². The maximum absolute atomic E-state index is 12.2. The number of carbonyl (C=O) groups excluding carboxylic acids is 1. The molecule has 3 heterocycles. The Bertz CT molecular complexity index is 888. The van der Waals surface area contributed by atoms with E-state index < -0.39 is 0 Å². The number of thiophene rings is 1. The number of rotatable bonds is 6. The van der Waals surface area contributed by atoms with Gasteiger partial charge in [0.2, 0.25) is 17.6 Å². The standard InChI is InChI=1S/C19H20N4O2S/c24-17(21-11-14-12-26-16-4-2-1-3-15(14)16)5-6-18-22-19(23-25-18)13-7-9-20-10-8-13/h7-10,12H,1-6,11H2,(H,21,24). The highest BCUT2D eigenvalue weighted by Gasteiger charge is 2.16. The molecule has 3 aromatic heterocycles. The lowest BCUT2D eigenvalue weighted by molar-refractivity contribution is -0.121. The first-order chi connectivity index (χ1) is 12.8. The van der Waals surface area contributed by atoms with Crippen LogP contribution in [0.5, 0.6) is 0 Å². The number of amides is 1. The van der Waals surface area contributed by atoms with Gasteiger partial charge in [-0.25, -0.2) is 0 Å². The molecule has 0 bridgehead atoms. The van der Waals surface area contributed by atoms with Gasteiger partial charge in [0, 0.05) is 42.2 Å². The molecular formula is C19H20N4O2S. The molecule has 1 amide bonds. The van der Waals surface area contributed by atoms with Gasteiger partial charge in [0.1, 0.15) is 0 Å². The first-order valence-corrected chi connectivity index (χ1v) is 9.75. The number of carbonyl (C=O) groups is 1. The number of pyridine rings is 1. The average Bonchev–Trinajstić information content (AvgIpc) is 3.33. The van der Waals surface area contributed by atoms with Crippen LogP contribution in [0.15, 0.2) is 34.4 Å². The molecule has 0 aromatic carbocycles. The van der Waals surface area contributed by atoms with Crippen molar-refractivity contribution in [3.8, 4) is 11.4 Å². The van der Waals surface area contributed by atoms with Crippen LogP contribution in [0.1, 0.15) is 41.2 Å². The van der Waals surface area contributed by atoms with E-state index >= 15 is 0 Å². The van der Waals surface area contributed by atoms with Gasteiger partial charge in [0.05, 0.1) is 0 Å². The first kappa shape index (κ1) is 16.9. The van der Waals surface area contributed by atoms with E-state index in [-0.39, 0.29) is 5.91 Å². The van der Waals surface area contributed by atoms with E-state index in [0.29, 0.717) is 31.1 Å². The fraction of sp³-hybridized carbons (Fsp3) is 0.368. The van der Waals surface area contributed by atoms with Gasteiger partial charge >= 0.3 is 0 Å². The Hall–Kier alpha value is -2.54. The Kier molecular flexibility index (Phi) is 5.06. The maximum atomic E-state index is 12.2. The van der Waals surface area contributed by atoms with E-state index in [4.69, 9.17) is 4.52 Å². The summed E-state index contributed by atoms with van der Waals surface area (Å²) in [5.74, 6) is 0.997. The second kappa shape index (κ2) is 7.78. The lowest BCUT2D eigenvalue weighted by Crippen LogP contribution is -2.23. The Labute approximate surface area is 155 Å². The van der Waals surface area contributed by atoms with Crippen molar-refractivity contribution in [2.24, 2.45) is 0 Å². The molecule has 4 rings (SSSR count). The summed E-state index contributed by atoms with van der Waals surface area (Å²) in [5, 5.41) is 9.16. The maximum Gasteiger partial charge on any atom is 0.227 e. The minimum Gasteiger partial charge on any atom is -0.352 e. The molecule has 0 atom stereocenters. The van der Waals surface area contributed by atoms with Crippen LogP contribution in [0.3, 0.4) is 0 Å². The summed E-state index contributed by atoms with van der Waals surface area (Å²) in [6.45, 7) is 0.608. The van der Waals surface area contributed by atoms with Gasteiger partial charge in [-0.3, -0.25) is 9.78 Å². The number of fused-ring (bicyclic) bond motifs is 1. The Balaban J connectivity index is 1.28. The molecule has 134 valence electrons. The largest absolute Gasteiger partial charge is 0.352 e. The number of hydrogen-bond donors (Lipinski definition) is 1. The van der Waals surface area contributed by atoms with Crippen molar-refractivity contribution in [2.45, 2.75) is 45.1 Å². The molecular weight excluding hydrogens is 348 g/mol. The third-order valence-electron chi connectivity index (χ3n) is 4.60. The zero-order chi connectivity index (χ0) is 17.8. The fourth-order valence-corrected chi connectivity index (χ4v) is 4.33. The van der Waals surface area contributed by atoms with Gasteiger partial charge in [-0.2, -0.15) is 4.98 Å². The summed E-state index contributed by atoms with van der Waals surface area (Å²) in [6, 6.07) is 3.64. The molecule has 0 saturated heterocycles. The normalized spacial score (nSPS) is 13.4. The van der Waals surface area contributed by atoms with E-state index in [9.17, 15) is 4.79 Å². The highest BCUT2D eigenvalue weighted by molar-refractivity contribution is 7.10. The van der Waals surface area contributed by atoms with Crippen LogP contribution in [-0.4, -0.2) is 21.0 Å². The topological polar surface area (TPSA) is 80.9 Å². The number of hydrogen-bond acceptors (Lipinski definition) is 6. The molecule has 1 N–H and O–H groups in total. The number of aromatic nitrogens is 3. The van der Waals surface area contributed by atoms with Crippen molar-refractivity contribution >= 4 is 17.2 Å². The van der Waals surface area contributed by atoms with E-state index in [1.165, 1.54) is 35.3 Å². The molecule has 6 nitrogen and oxygen atoms in total. The Morgan fingerprint density at radius 3 is 2.96 bits per heavy atom. The minimum absolute atomic E-state index is 0.00409. The van der Waals surface area contributed by atoms with Crippen molar-refractivity contribution < 1.29 is 9.32 Å². The molecule has 0 radical (unpaired) electrons. The van der Waals surface area contributed by atoms with E-state index in [1.54, 1.807) is 12.4 Å². The lowest BCUT2D eigenvalue weighted by Gasteiger charge is -2.13. The average molecular weight is 368 g/mol. The highest BCUT2D eigenvalue weighted by atomic mass is 32.1. The molecule has 0 unspecified atom stereocenters. The van der Waals surface area contributed by atoms with Crippen molar-refractivity contribution in [1.29, 1.82) is 0 Å². The number of nitrogens with zero attached hydrogens (tertiary/aromatic N) is 3. The Morgan fingerprint density at radius 1 is 1.23 bits per heavy atom. The summed E-state index contributed by atoms with van der Waals surface area (Å²) >= 11 is 1.83. The lowest BCUT2D eigenvalue weighted by atomic mass is 9.96. The number of aryl methyl sites for hydroxylation is 2. The van der Waals surface area contributed by atoms with Crippen molar-refractivity contribution in [3.63, 3.8) is 0 Å².